The topological polar surface area (TPSA) is 32.3 Å². The molecule has 2 aromatic heterocycles. The van der Waals surface area contributed by atoms with Gasteiger partial charge in [-0.05, 0) is 87.7 Å². The summed E-state index contributed by atoms with van der Waals surface area (Å²) in [5.41, 5.74) is 12.2. The van der Waals surface area contributed by atoms with Gasteiger partial charge in [-0.3, -0.25) is 9.88 Å². The van der Waals surface area contributed by atoms with Gasteiger partial charge in [0.15, 0.2) is 0 Å². The first-order valence-electron chi connectivity index (χ1n) is 18.4. The van der Waals surface area contributed by atoms with Crippen molar-refractivity contribution >= 4 is 68.0 Å². The van der Waals surface area contributed by atoms with Crippen LogP contribution in [-0.2, 0) is 0 Å². The molecule has 0 radical (unpaired) electrons. The third-order valence-electron chi connectivity index (χ3n) is 9.87. The average Bonchev–Trinajstić information content (AvgIpc) is 3.20. The minimum atomic E-state index is 0.895. The molecule has 54 heavy (non-hydrogen) atoms. The van der Waals surface area contributed by atoms with Crippen LogP contribution in [0.25, 0.3) is 33.7 Å². The van der Waals surface area contributed by atoms with Crippen LogP contribution in [0.4, 0.5) is 34.3 Å². The highest BCUT2D eigenvalue weighted by Crippen LogP contribution is 2.40. The second-order valence-corrected chi connectivity index (χ2v) is 13.9. The highest BCUT2D eigenvalue weighted by atomic mass is 15.2. The summed E-state index contributed by atoms with van der Waals surface area (Å²) in [7, 11) is 0. The Kier molecular flexibility index (Phi) is 9.57. The van der Waals surface area contributed by atoms with Crippen LogP contribution in [0.1, 0.15) is 33.5 Å². The molecule has 0 saturated heterocycles. The molecule has 0 bridgehead atoms. The molecule has 8 aromatic rings. The molecule has 0 atom stereocenters. The normalized spacial score (nSPS) is 11.6. The maximum Gasteiger partial charge on any atom is 0.145 e. The molecule has 0 aliphatic rings. The third kappa shape index (κ3) is 7.02. The predicted molar refractivity (Wildman–Crippen MR) is 230 cm³/mol. The standard InChI is InChI=1S/C50H42N4/c1-35-17-25-40(26-18-35)53(41-27-19-36(2)20-28-41)49-34-51-48(45-13-7-8-14-46(45)49)16-10-5-11-39-33-52-50(47-15-9-6-12-44(39)47)54(42-29-21-37(3)22-30-42)43-31-23-38(4)24-32-43/h5-34H,1-4H3. The molecule has 6 aromatic carbocycles. The van der Waals surface area contributed by atoms with Crippen LogP contribution in [0, 0.1) is 27.7 Å². The van der Waals surface area contributed by atoms with E-state index in [1.807, 2.05) is 12.4 Å². The number of rotatable bonds is 9. The van der Waals surface area contributed by atoms with Gasteiger partial charge in [0, 0.05) is 50.7 Å². The molecule has 4 nitrogen and oxygen atoms in total. The summed E-state index contributed by atoms with van der Waals surface area (Å²) in [6.07, 6.45) is 12.3. The Morgan fingerprint density at radius 2 is 0.815 bits per heavy atom. The molecule has 0 N–H and O–H groups in total. The van der Waals surface area contributed by atoms with Crippen LogP contribution in [0.5, 0.6) is 0 Å². The van der Waals surface area contributed by atoms with Crippen molar-refractivity contribution < 1.29 is 0 Å². The second kappa shape index (κ2) is 15.1. The summed E-state index contributed by atoms with van der Waals surface area (Å²) in [4.78, 5) is 14.7. The molecule has 2 heterocycles. The Hall–Kier alpha value is -6.78. The first-order valence-corrected chi connectivity index (χ1v) is 18.4. The van der Waals surface area contributed by atoms with E-state index in [4.69, 9.17) is 9.97 Å². The number of hydrogen-bond acceptors (Lipinski definition) is 4. The Labute approximate surface area is 318 Å². The molecular formula is C50H42N4. The zero-order valence-corrected chi connectivity index (χ0v) is 31.1. The van der Waals surface area contributed by atoms with E-state index in [1.54, 1.807) is 0 Å². The highest BCUT2D eigenvalue weighted by molar-refractivity contribution is 6.02. The van der Waals surface area contributed by atoms with Gasteiger partial charge in [0.25, 0.3) is 0 Å². The number of aromatic nitrogens is 2. The zero-order chi connectivity index (χ0) is 37.0. The highest BCUT2D eigenvalue weighted by Gasteiger charge is 2.19. The molecule has 4 heteroatoms. The molecule has 0 amide bonds. The van der Waals surface area contributed by atoms with Crippen molar-refractivity contribution in [2.24, 2.45) is 0 Å². The number of anilines is 6. The second-order valence-electron chi connectivity index (χ2n) is 13.9. The van der Waals surface area contributed by atoms with Crippen LogP contribution < -0.4 is 9.80 Å². The van der Waals surface area contributed by atoms with Crippen molar-refractivity contribution in [2.75, 3.05) is 9.80 Å². The lowest BCUT2D eigenvalue weighted by atomic mass is 10.0. The number of nitrogens with zero attached hydrogens (tertiary/aromatic N) is 4. The number of aryl methyl sites for hydroxylation is 4. The van der Waals surface area contributed by atoms with Crippen molar-refractivity contribution in [1.82, 2.24) is 9.97 Å². The molecule has 0 fully saturated rings. The fraction of sp³-hybridized carbons (Fsp3) is 0.0800. The van der Waals surface area contributed by atoms with Gasteiger partial charge in [-0.15, -0.1) is 0 Å². The van der Waals surface area contributed by atoms with Gasteiger partial charge in [-0.25, -0.2) is 4.98 Å². The largest absolute Gasteiger partial charge is 0.308 e. The summed E-state index contributed by atoms with van der Waals surface area (Å²) in [6.45, 7) is 8.47. The lowest BCUT2D eigenvalue weighted by molar-refractivity contribution is 1.19. The Morgan fingerprint density at radius 1 is 0.389 bits per heavy atom. The molecule has 8 rings (SSSR count). The maximum atomic E-state index is 5.10. The lowest BCUT2D eigenvalue weighted by Gasteiger charge is -2.27. The summed E-state index contributed by atoms with van der Waals surface area (Å²) in [5.74, 6) is 0.895. The number of hydrogen-bond donors (Lipinski definition) is 0. The van der Waals surface area contributed by atoms with Crippen molar-refractivity contribution in [1.29, 1.82) is 0 Å². The summed E-state index contributed by atoms with van der Waals surface area (Å²) in [5, 5.41) is 4.44. The van der Waals surface area contributed by atoms with Crippen LogP contribution >= 0.6 is 0 Å². The minimum Gasteiger partial charge on any atom is -0.308 e. The fourth-order valence-corrected chi connectivity index (χ4v) is 6.92. The Morgan fingerprint density at radius 3 is 1.33 bits per heavy atom. The number of pyridine rings is 2. The maximum absolute atomic E-state index is 5.10. The van der Waals surface area contributed by atoms with Crippen LogP contribution in [0.3, 0.4) is 0 Å². The van der Waals surface area contributed by atoms with Gasteiger partial charge < -0.3 is 4.90 Å². The van der Waals surface area contributed by atoms with Gasteiger partial charge in [-0.1, -0.05) is 138 Å². The van der Waals surface area contributed by atoms with Gasteiger partial charge in [0.2, 0.25) is 0 Å². The third-order valence-corrected chi connectivity index (χ3v) is 9.87. The van der Waals surface area contributed by atoms with Crippen molar-refractivity contribution in [2.45, 2.75) is 27.7 Å². The van der Waals surface area contributed by atoms with Crippen LogP contribution in [0.2, 0.25) is 0 Å². The van der Waals surface area contributed by atoms with Gasteiger partial charge in [-0.2, -0.15) is 0 Å². The van der Waals surface area contributed by atoms with E-state index >= 15 is 0 Å². The van der Waals surface area contributed by atoms with Crippen molar-refractivity contribution in [3.8, 4) is 0 Å². The van der Waals surface area contributed by atoms with E-state index in [0.717, 1.165) is 67.1 Å². The number of benzene rings is 6. The number of fused-ring (bicyclic) bond motifs is 2. The molecule has 0 aliphatic carbocycles. The quantitative estimate of drug-likeness (QED) is 0.140. The average molecular weight is 699 g/mol. The fourth-order valence-electron chi connectivity index (χ4n) is 6.92. The molecule has 262 valence electrons. The molecule has 0 spiro atoms. The summed E-state index contributed by atoms with van der Waals surface area (Å²) < 4.78 is 0. The number of allylic oxidation sites excluding steroid dienone is 2. The van der Waals surface area contributed by atoms with Gasteiger partial charge >= 0.3 is 0 Å². The molecular weight excluding hydrogens is 657 g/mol. The van der Waals surface area contributed by atoms with E-state index in [9.17, 15) is 0 Å². The molecule has 0 unspecified atom stereocenters. The van der Waals surface area contributed by atoms with Gasteiger partial charge in [0.1, 0.15) is 5.82 Å². The summed E-state index contributed by atoms with van der Waals surface area (Å²) in [6, 6.07) is 51.6. The van der Waals surface area contributed by atoms with Crippen molar-refractivity contribution in [3.05, 3.63) is 204 Å². The van der Waals surface area contributed by atoms with Crippen molar-refractivity contribution in [3.63, 3.8) is 0 Å². The Balaban J connectivity index is 1.14. The van der Waals surface area contributed by atoms with E-state index in [1.165, 1.54) is 22.3 Å². The first kappa shape index (κ1) is 34.3. The molecule has 0 aliphatic heterocycles. The minimum absolute atomic E-state index is 0.895. The van der Waals surface area contributed by atoms with Crippen LogP contribution in [-0.4, -0.2) is 9.97 Å². The first-order chi connectivity index (χ1) is 26.4. The predicted octanol–water partition coefficient (Wildman–Crippen LogP) is 13.7. The van der Waals surface area contributed by atoms with E-state index < -0.39 is 0 Å². The smallest absolute Gasteiger partial charge is 0.145 e. The SMILES string of the molecule is Cc1ccc(N(c2ccc(C)cc2)c2cnc(C=CC=Cc3cnc(N(c4ccc(C)cc4)c4ccc(C)cc4)c4ccccc34)c3ccccc23)cc1. The van der Waals surface area contributed by atoms with E-state index in [-0.39, 0.29) is 0 Å². The van der Waals surface area contributed by atoms with E-state index in [0.29, 0.717) is 0 Å². The summed E-state index contributed by atoms with van der Waals surface area (Å²) >= 11 is 0. The van der Waals surface area contributed by atoms with Gasteiger partial charge in [0.05, 0.1) is 17.6 Å². The zero-order valence-electron chi connectivity index (χ0n) is 31.1. The Bertz CT molecular complexity index is 2340. The molecule has 0 saturated carbocycles. The van der Waals surface area contributed by atoms with E-state index in [2.05, 4.69) is 207 Å². The lowest BCUT2D eigenvalue weighted by Crippen LogP contribution is -2.12. The van der Waals surface area contributed by atoms with Crippen LogP contribution in [0.15, 0.2) is 170 Å². The monoisotopic (exact) mass is 698 g/mol.